The van der Waals surface area contributed by atoms with Crippen molar-refractivity contribution in [2.24, 2.45) is 0 Å². The van der Waals surface area contributed by atoms with Crippen LogP contribution in [0.25, 0.3) is 17.2 Å². The van der Waals surface area contributed by atoms with Crippen LogP contribution in [0.3, 0.4) is 0 Å². The molecule has 3 aromatic rings. The summed E-state index contributed by atoms with van der Waals surface area (Å²) in [4.78, 5) is 11.7. The minimum atomic E-state index is -0.387. The van der Waals surface area contributed by atoms with E-state index in [1.54, 1.807) is 35.7 Å². The summed E-state index contributed by atoms with van der Waals surface area (Å²) in [5.41, 5.74) is 1.04. The highest BCUT2D eigenvalue weighted by atomic mass is 16.5. The zero-order chi connectivity index (χ0) is 13.2. The lowest BCUT2D eigenvalue weighted by Gasteiger charge is -2.02. The number of aromatic nitrogens is 4. The van der Waals surface area contributed by atoms with Crippen LogP contribution in [0.4, 0.5) is 0 Å². The first-order chi connectivity index (χ1) is 9.29. The van der Waals surface area contributed by atoms with Crippen molar-refractivity contribution in [3.05, 3.63) is 36.2 Å². The maximum absolute atomic E-state index is 11.7. The first-order valence-electron chi connectivity index (χ1n) is 5.72. The average molecular weight is 258 g/mol. The molecule has 0 fully saturated rings. The predicted molar refractivity (Wildman–Crippen MR) is 64.4 cm³/mol. The van der Waals surface area contributed by atoms with E-state index in [1.165, 1.54) is 6.20 Å². The van der Waals surface area contributed by atoms with E-state index in [1.807, 2.05) is 0 Å². The molecule has 0 saturated carbocycles. The van der Waals surface area contributed by atoms with Crippen molar-refractivity contribution in [2.75, 3.05) is 6.61 Å². The summed E-state index contributed by atoms with van der Waals surface area (Å²) < 4.78 is 11.7. The number of ether oxygens (including phenoxy) is 1. The van der Waals surface area contributed by atoms with Gasteiger partial charge in [0.25, 0.3) is 0 Å². The number of carbonyl (C=O) groups is 1. The molecule has 0 aliphatic carbocycles. The highest BCUT2D eigenvalue weighted by Crippen LogP contribution is 2.18. The largest absolute Gasteiger partial charge is 0.462 e. The number of fused-ring (bicyclic) bond motifs is 1. The van der Waals surface area contributed by atoms with Crippen LogP contribution in [0.15, 0.2) is 35.1 Å². The number of hydrogen-bond donors (Lipinski definition) is 0. The highest BCUT2D eigenvalue weighted by molar-refractivity contribution is 5.89. The summed E-state index contributed by atoms with van der Waals surface area (Å²) in [6, 6.07) is 5.01. The van der Waals surface area contributed by atoms with Gasteiger partial charge in [0.1, 0.15) is 0 Å². The van der Waals surface area contributed by atoms with Crippen molar-refractivity contribution in [2.45, 2.75) is 6.92 Å². The Morgan fingerprint density at radius 1 is 1.37 bits per heavy atom. The molecule has 3 heterocycles. The molecular formula is C12H10N4O3. The molecule has 7 heteroatoms. The third-order valence-electron chi connectivity index (χ3n) is 2.57. The summed E-state index contributed by atoms with van der Waals surface area (Å²) >= 11 is 0. The van der Waals surface area contributed by atoms with Gasteiger partial charge in [0.05, 0.1) is 18.4 Å². The Labute approximate surface area is 107 Å². The van der Waals surface area contributed by atoms with Crippen molar-refractivity contribution in [3.8, 4) is 11.6 Å². The van der Waals surface area contributed by atoms with Gasteiger partial charge in [-0.2, -0.15) is 0 Å². The van der Waals surface area contributed by atoms with Crippen molar-refractivity contribution in [3.63, 3.8) is 0 Å². The maximum atomic E-state index is 11.7. The Bertz CT molecular complexity index is 718. The monoisotopic (exact) mass is 258 g/mol. The number of rotatable bonds is 3. The second-order valence-corrected chi connectivity index (χ2v) is 3.77. The third-order valence-corrected chi connectivity index (χ3v) is 2.57. The van der Waals surface area contributed by atoms with Crippen LogP contribution in [0.5, 0.6) is 0 Å². The summed E-state index contributed by atoms with van der Waals surface area (Å²) in [5.74, 6) is 0.578. The van der Waals surface area contributed by atoms with E-state index in [4.69, 9.17) is 9.26 Å². The van der Waals surface area contributed by atoms with E-state index in [-0.39, 0.29) is 5.97 Å². The lowest BCUT2D eigenvalue weighted by atomic mass is 10.3. The molecule has 3 rings (SSSR count). The summed E-state index contributed by atoms with van der Waals surface area (Å²) in [6.07, 6.45) is 3.14. The van der Waals surface area contributed by atoms with Gasteiger partial charge >= 0.3 is 5.97 Å². The van der Waals surface area contributed by atoms with Crippen molar-refractivity contribution in [1.82, 2.24) is 19.8 Å². The fourth-order valence-corrected chi connectivity index (χ4v) is 1.73. The van der Waals surface area contributed by atoms with E-state index >= 15 is 0 Å². The van der Waals surface area contributed by atoms with Gasteiger partial charge < -0.3 is 9.26 Å². The summed E-state index contributed by atoms with van der Waals surface area (Å²) in [6.45, 7) is 2.09. The van der Waals surface area contributed by atoms with Crippen LogP contribution in [0.1, 0.15) is 17.3 Å². The molecule has 0 bridgehead atoms. The highest BCUT2D eigenvalue weighted by Gasteiger charge is 2.14. The number of esters is 1. The number of pyridine rings is 1. The van der Waals surface area contributed by atoms with Crippen molar-refractivity contribution < 1.29 is 14.1 Å². The number of nitrogens with zero attached hydrogens (tertiary/aromatic N) is 4. The molecule has 0 unspecified atom stereocenters. The molecule has 0 radical (unpaired) electrons. The van der Waals surface area contributed by atoms with Gasteiger partial charge in [-0.1, -0.05) is 5.16 Å². The molecule has 0 aliphatic rings. The maximum Gasteiger partial charge on any atom is 0.339 e. The third kappa shape index (κ3) is 1.95. The van der Waals surface area contributed by atoms with Crippen LogP contribution in [-0.4, -0.2) is 32.3 Å². The minimum Gasteiger partial charge on any atom is -0.462 e. The van der Waals surface area contributed by atoms with E-state index in [0.29, 0.717) is 29.4 Å². The molecule has 0 atom stereocenters. The Balaban J connectivity index is 2.11. The van der Waals surface area contributed by atoms with E-state index in [2.05, 4.69) is 15.4 Å². The molecule has 19 heavy (non-hydrogen) atoms. The summed E-state index contributed by atoms with van der Waals surface area (Å²) in [5, 5.41) is 11.6. The lowest BCUT2D eigenvalue weighted by Crippen LogP contribution is -2.06. The first-order valence-corrected chi connectivity index (χ1v) is 5.72. The van der Waals surface area contributed by atoms with Gasteiger partial charge in [-0.3, -0.25) is 4.40 Å². The van der Waals surface area contributed by atoms with Crippen molar-refractivity contribution >= 4 is 11.6 Å². The smallest absolute Gasteiger partial charge is 0.339 e. The minimum absolute atomic E-state index is 0.327. The normalized spacial score (nSPS) is 10.8. The van der Waals surface area contributed by atoms with Crippen LogP contribution < -0.4 is 0 Å². The van der Waals surface area contributed by atoms with E-state index in [9.17, 15) is 4.79 Å². The average Bonchev–Trinajstić information content (AvgIpc) is 3.06. The number of carbonyl (C=O) groups excluding carboxylic acids is 1. The van der Waals surface area contributed by atoms with Gasteiger partial charge in [0.15, 0.2) is 5.65 Å². The fourth-order valence-electron chi connectivity index (χ4n) is 1.73. The van der Waals surface area contributed by atoms with Crippen LogP contribution in [-0.2, 0) is 4.74 Å². The molecule has 0 N–H and O–H groups in total. The first kappa shape index (κ1) is 11.4. The molecule has 7 nitrogen and oxygen atoms in total. The Hall–Kier alpha value is -2.70. The molecule has 0 aliphatic heterocycles. The second kappa shape index (κ2) is 4.52. The quantitative estimate of drug-likeness (QED) is 0.663. The zero-order valence-corrected chi connectivity index (χ0v) is 10.1. The molecule has 96 valence electrons. The van der Waals surface area contributed by atoms with Gasteiger partial charge in [-0.15, -0.1) is 10.2 Å². The molecule has 0 spiro atoms. The van der Waals surface area contributed by atoms with Gasteiger partial charge in [-0.05, 0) is 19.1 Å². The topological polar surface area (TPSA) is 82.5 Å². The zero-order valence-electron chi connectivity index (χ0n) is 10.1. The van der Waals surface area contributed by atoms with Crippen molar-refractivity contribution in [1.29, 1.82) is 0 Å². The van der Waals surface area contributed by atoms with Crippen LogP contribution in [0, 0.1) is 0 Å². The van der Waals surface area contributed by atoms with Gasteiger partial charge in [0, 0.05) is 12.3 Å². The van der Waals surface area contributed by atoms with Gasteiger partial charge in [-0.25, -0.2) is 4.79 Å². The number of hydrogen-bond acceptors (Lipinski definition) is 6. The Morgan fingerprint density at radius 3 is 3.00 bits per heavy atom. The summed E-state index contributed by atoms with van der Waals surface area (Å²) in [7, 11) is 0. The molecule has 3 aromatic heterocycles. The standard InChI is InChI=1S/C12H10N4O3/c1-2-18-12(17)8-3-4-10-14-15-11(16(10)7-8)9-5-6-13-19-9/h3-7H,2H2,1H3. The van der Waals surface area contributed by atoms with Crippen LogP contribution in [0.2, 0.25) is 0 Å². The SMILES string of the molecule is CCOC(=O)c1ccc2nnc(-c3ccno3)n2c1. The predicted octanol–water partition coefficient (Wildman–Crippen LogP) is 1.56. The molecule has 0 saturated heterocycles. The Kier molecular flexibility index (Phi) is 2.71. The molecular weight excluding hydrogens is 248 g/mol. The molecule has 0 amide bonds. The van der Waals surface area contributed by atoms with E-state index < -0.39 is 0 Å². The Morgan fingerprint density at radius 2 is 2.26 bits per heavy atom. The molecule has 0 aromatic carbocycles. The second-order valence-electron chi connectivity index (χ2n) is 3.77. The van der Waals surface area contributed by atoms with Crippen LogP contribution >= 0.6 is 0 Å². The van der Waals surface area contributed by atoms with Gasteiger partial charge in [0.2, 0.25) is 11.6 Å². The lowest BCUT2D eigenvalue weighted by molar-refractivity contribution is 0.0526. The fraction of sp³-hybridized carbons (Fsp3) is 0.167. The van der Waals surface area contributed by atoms with E-state index in [0.717, 1.165) is 0 Å².